The molecule has 0 unspecified atom stereocenters. The van der Waals surface area contributed by atoms with Crippen molar-refractivity contribution < 1.29 is 27.5 Å². The summed E-state index contributed by atoms with van der Waals surface area (Å²) in [4.78, 5) is 59.5. The molecule has 3 fully saturated rings. The summed E-state index contributed by atoms with van der Waals surface area (Å²) in [6, 6.07) is 4.89. The number of thiazole rings is 2. The molecule has 4 aromatic rings. The SMILES string of the molecule is CC(C)c1csc(-c2cccc3c2nc(O[C@@H]2C[C@H]4C(=O)C[C@]5(C(=O)NS(=O)(=O)C6(C)CC6)C[C@@H]5/C=C\CCCCC[C@H](Nc5nccs5)C(=O)N4C2)n3C(C)C)n1. The van der Waals surface area contributed by atoms with Crippen molar-refractivity contribution in [3.63, 3.8) is 0 Å². The third-order valence-electron chi connectivity index (χ3n) is 12.4. The van der Waals surface area contributed by atoms with Gasteiger partial charge in [-0.3, -0.25) is 23.7 Å². The largest absolute Gasteiger partial charge is 0.459 e. The highest BCUT2D eigenvalue weighted by Crippen LogP contribution is 2.57. The van der Waals surface area contributed by atoms with Gasteiger partial charge in [-0.15, -0.1) is 22.7 Å². The van der Waals surface area contributed by atoms with Crippen LogP contribution in [0.2, 0.25) is 0 Å². The van der Waals surface area contributed by atoms with E-state index in [1.165, 1.54) is 11.3 Å². The highest BCUT2D eigenvalue weighted by molar-refractivity contribution is 7.91. The first-order valence-corrected chi connectivity index (χ1v) is 23.8. The van der Waals surface area contributed by atoms with Gasteiger partial charge in [-0.2, -0.15) is 4.98 Å². The molecule has 0 spiro atoms. The summed E-state index contributed by atoms with van der Waals surface area (Å²) in [7, 11) is -3.92. The van der Waals surface area contributed by atoms with E-state index >= 15 is 0 Å². The Hall–Kier alpha value is -4.15. The number of imidazole rings is 1. The molecule has 0 radical (unpaired) electrons. The number of amides is 2. The maximum Gasteiger partial charge on any atom is 0.297 e. The van der Waals surface area contributed by atoms with Gasteiger partial charge in [0.15, 0.2) is 10.9 Å². The van der Waals surface area contributed by atoms with Gasteiger partial charge in [0.2, 0.25) is 21.8 Å². The fraction of sp³-hybridized carbons (Fsp3) is 0.571. The van der Waals surface area contributed by atoms with Gasteiger partial charge in [0.1, 0.15) is 22.7 Å². The van der Waals surface area contributed by atoms with Crippen LogP contribution in [0.5, 0.6) is 6.01 Å². The molecule has 2 aliphatic heterocycles. The van der Waals surface area contributed by atoms with E-state index in [9.17, 15) is 22.8 Å². The molecular weight excluding hydrogens is 795 g/mol. The van der Waals surface area contributed by atoms with Crippen molar-refractivity contribution in [3.05, 3.63) is 53.0 Å². The first-order chi connectivity index (χ1) is 27.7. The van der Waals surface area contributed by atoms with Crippen LogP contribution in [0.15, 0.2) is 47.3 Å². The lowest BCUT2D eigenvalue weighted by molar-refractivity contribution is -0.139. The smallest absolute Gasteiger partial charge is 0.297 e. The number of hydrogen-bond donors (Lipinski definition) is 2. The summed E-state index contributed by atoms with van der Waals surface area (Å²) >= 11 is 2.99. The van der Waals surface area contributed by atoms with Crippen LogP contribution >= 0.6 is 22.7 Å². The lowest BCUT2D eigenvalue weighted by Crippen LogP contribution is -2.49. The van der Waals surface area contributed by atoms with Crippen LogP contribution in [0.1, 0.15) is 116 Å². The number of carbonyl (C=O) groups is 3. The normalized spacial score (nSPS) is 26.8. The molecule has 1 aromatic carbocycles. The van der Waals surface area contributed by atoms with E-state index in [1.54, 1.807) is 29.4 Å². The molecular formula is C42H53N7O6S3. The number of ketones is 1. The van der Waals surface area contributed by atoms with Crippen LogP contribution in [-0.2, 0) is 24.4 Å². The highest BCUT2D eigenvalue weighted by Gasteiger charge is 2.62. The van der Waals surface area contributed by atoms with Gasteiger partial charge in [-0.05, 0) is 83.3 Å². The summed E-state index contributed by atoms with van der Waals surface area (Å²) in [5.74, 6) is -1.14. The van der Waals surface area contributed by atoms with Gasteiger partial charge >= 0.3 is 0 Å². The monoisotopic (exact) mass is 847 g/mol. The third kappa shape index (κ3) is 7.83. The maximum atomic E-state index is 14.7. The number of sulfonamides is 1. The minimum Gasteiger partial charge on any atom is -0.459 e. The van der Waals surface area contributed by atoms with Crippen LogP contribution in [0.4, 0.5) is 5.13 Å². The van der Waals surface area contributed by atoms with Gasteiger partial charge in [0.25, 0.3) is 6.01 Å². The van der Waals surface area contributed by atoms with E-state index in [4.69, 9.17) is 14.7 Å². The van der Waals surface area contributed by atoms with Crippen molar-refractivity contribution in [2.24, 2.45) is 11.3 Å². The standard InChI is InChI=1S/C42H53N7O6S3/c1-25(2)31-24-57-36(44-31)29-13-11-15-32-35(29)46-40(49(32)26(3)4)55-28-20-33-34(50)22-42(38(52)47-58(53,54)41(5)16-17-41)21-27(42)12-9-7-6-8-10-14-30(37(51)48(33)23-28)45-39-43-18-19-56-39/h9,11-13,15,18-19,24-28,30,33H,6-8,10,14,16-17,20-23H2,1-5H3,(H,43,45)(H,47,52)/b12-9-/t27-,28+,30-,33-,42+/m0/s1. The molecule has 8 rings (SSSR count). The maximum absolute atomic E-state index is 14.7. The molecule has 310 valence electrons. The number of hydrogen-bond acceptors (Lipinski definition) is 12. The molecule has 0 bridgehead atoms. The second kappa shape index (κ2) is 15.8. The molecule has 16 heteroatoms. The molecule has 2 amide bonds. The Balaban J connectivity index is 1.12. The Morgan fingerprint density at radius 3 is 2.59 bits per heavy atom. The Morgan fingerprint density at radius 2 is 1.88 bits per heavy atom. The number of aromatic nitrogens is 4. The van der Waals surface area contributed by atoms with Crippen LogP contribution in [0, 0.1) is 11.3 Å². The molecule has 5 heterocycles. The topological polar surface area (TPSA) is 165 Å². The lowest BCUT2D eigenvalue weighted by Gasteiger charge is -2.29. The van der Waals surface area contributed by atoms with E-state index in [2.05, 4.69) is 48.1 Å². The van der Waals surface area contributed by atoms with E-state index in [1.807, 2.05) is 40.3 Å². The molecule has 2 saturated carbocycles. The van der Waals surface area contributed by atoms with Gasteiger partial charge in [0, 0.05) is 41.4 Å². The van der Waals surface area contributed by atoms with Gasteiger partial charge in [0.05, 0.1) is 34.0 Å². The molecule has 5 atom stereocenters. The second-order valence-electron chi connectivity index (χ2n) is 17.3. The molecule has 2 aliphatic carbocycles. The number of nitrogens with zero attached hydrogens (tertiary/aromatic N) is 5. The molecule has 13 nitrogen and oxygen atoms in total. The van der Waals surface area contributed by atoms with Crippen molar-refractivity contribution in [2.75, 3.05) is 11.9 Å². The Kier molecular flexibility index (Phi) is 11.1. The Labute approximate surface area is 348 Å². The number of carbonyl (C=O) groups excluding carboxylic acids is 3. The number of ether oxygens (including phenoxy) is 1. The van der Waals surface area contributed by atoms with Crippen molar-refractivity contribution in [1.29, 1.82) is 0 Å². The zero-order valence-corrected chi connectivity index (χ0v) is 36.2. The number of nitrogens with one attached hydrogen (secondary N) is 2. The summed E-state index contributed by atoms with van der Waals surface area (Å²) in [6.45, 7) is 10.2. The summed E-state index contributed by atoms with van der Waals surface area (Å²) in [5, 5.41) is 8.79. The predicted octanol–water partition coefficient (Wildman–Crippen LogP) is 7.63. The first kappa shape index (κ1) is 40.6. The predicted molar refractivity (Wildman–Crippen MR) is 226 cm³/mol. The van der Waals surface area contributed by atoms with Crippen molar-refractivity contribution >= 4 is 66.5 Å². The van der Waals surface area contributed by atoms with Gasteiger partial charge in [-0.25, -0.2) is 18.4 Å². The molecule has 2 N–H and O–H groups in total. The number of allylic oxidation sites excluding steroid dienone is 2. The number of benzene rings is 1. The van der Waals surface area contributed by atoms with E-state index in [0.29, 0.717) is 42.7 Å². The fourth-order valence-corrected chi connectivity index (χ4v) is 11.3. The quantitative estimate of drug-likeness (QED) is 0.152. The van der Waals surface area contributed by atoms with E-state index in [0.717, 1.165) is 53.0 Å². The number of Topliss-reactive ketones (excluding diaryl/α,β-unsaturated/α-hetero) is 1. The summed E-state index contributed by atoms with van der Waals surface area (Å²) in [5.41, 5.74) is 2.38. The van der Waals surface area contributed by atoms with Crippen molar-refractivity contribution in [2.45, 2.75) is 134 Å². The van der Waals surface area contributed by atoms with Crippen molar-refractivity contribution in [1.82, 2.24) is 29.1 Å². The zero-order chi connectivity index (χ0) is 41.0. The minimum absolute atomic E-state index is 0.0211. The first-order valence-electron chi connectivity index (χ1n) is 20.6. The van der Waals surface area contributed by atoms with Crippen LogP contribution < -0.4 is 14.8 Å². The highest BCUT2D eigenvalue weighted by atomic mass is 32.2. The Bertz CT molecular complexity index is 2330. The zero-order valence-electron chi connectivity index (χ0n) is 33.8. The molecule has 4 aliphatic rings. The second-order valence-corrected chi connectivity index (χ2v) is 21.3. The third-order valence-corrected chi connectivity index (χ3v) is 16.2. The molecule has 1 saturated heterocycles. The van der Waals surface area contributed by atoms with Crippen LogP contribution in [0.25, 0.3) is 21.6 Å². The van der Waals surface area contributed by atoms with Crippen LogP contribution in [0.3, 0.4) is 0 Å². The number of para-hydroxylation sites is 1. The van der Waals surface area contributed by atoms with Gasteiger partial charge < -0.3 is 15.0 Å². The van der Waals surface area contributed by atoms with Crippen molar-refractivity contribution in [3.8, 4) is 16.6 Å². The molecule has 3 aromatic heterocycles. The fourth-order valence-electron chi connectivity index (χ4n) is 8.41. The average molecular weight is 848 g/mol. The van der Waals surface area contributed by atoms with Gasteiger partial charge in [-0.1, -0.05) is 44.9 Å². The number of fused-ring (bicyclic) bond motifs is 3. The number of rotatable bonds is 10. The summed E-state index contributed by atoms with van der Waals surface area (Å²) < 4.78 is 36.7. The summed E-state index contributed by atoms with van der Waals surface area (Å²) in [6.07, 6.45) is 10.4. The molecule has 58 heavy (non-hydrogen) atoms. The Morgan fingerprint density at radius 1 is 1.07 bits per heavy atom. The number of anilines is 1. The van der Waals surface area contributed by atoms with E-state index < -0.39 is 44.3 Å². The average Bonchev–Trinajstić information content (AvgIpc) is 3.67. The van der Waals surface area contributed by atoms with Crippen LogP contribution in [-0.4, -0.2) is 79.9 Å². The van der Waals surface area contributed by atoms with E-state index in [-0.39, 0.29) is 43.0 Å². The minimum atomic E-state index is -3.92. The lowest BCUT2D eigenvalue weighted by atomic mass is 9.91.